The van der Waals surface area contributed by atoms with Crippen molar-refractivity contribution in [1.82, 2.24) is 0 Å². The smallest absolute Gasteiger partial charge is 0.0959 e. The van der Waals surface area contributed by atoms with Crippen LogP contribution in [0.15, 0.2) is 24.3 Å². The van der Waals surface area contributed by atoms with Gasteiger partial charge in [-0.05, 0) is 19.8 Å². The molecule has 0 unspecified atom stereocenters. The van der Waals surface area contributed by atoms with E-state index in [2.05, 4.69) is 33.9 Å². The van der Waals surface area contributed by atoms with E-state index in [-0.39, 0.29) is 21.7 Å². The third-order valence-electron chi connectivity index (χ3n) is 3.11. The van der Waals surface area contributed by atoms with Gasteiger partial charge >= 0.3 is 21.7 Å². The molecule has 19 heavy (non-hydrogen) atoms. The summed E-state index contributed by atoms with van der Waals surface area (Å²) in [5.74, 6) is 0.903. The van der Waals surface area contributed by atoms with E-state index in [0.29, 0.717) is 0 Å². The Balaban J connectivity index is -0.000000313. The first-order chi connectivity index (χ1) is 8.41. The standard InChI is InChI=1S/C12H26.C6H10.Ti/c1-4-5-6-7-8-9-10-11-12(2)3;1-5(2)6(3)4;/h12H,4-11H2,1-3H3;1,3H2,2,4H3;/q;;+4. The van der Waals surface area contributed by atoms with E-state index in [9.17, 15) is 0 Å². The molecule has 0 aromatic carbocycles. The quantitative estimate of drug-likeness (QED) is 0.246. The molecule has 0 bridgehead atoms. The van der Waals surface area contributed by atoms with Crippen LogP contribution < -0.4 is 0 Å². The Morgan fingerprint density at radius 3 is 1.47 bits per heavy atom. The summed E-state index contributed by atoms with van der Waals surface area (Å²) in [5, 5.41) is 0. The van der Waals surface area contributed by atoms with E-state index in [1.165, 1.54) is 51.4 Å². The van der Waals surface area contributed by atoms with Crippen molar-refractivity contribution < 1.29 is 21.7 Å². The molecule has 0 saturated carbocycles. The van der Waals surface area contributed by atoms with Crippen LogP contribution in [0.5, 0.6) is 0 Å². The minimum absolute atomic E-state index is 0. The Morgan fingerprint density at radius 2 is 1.16 bits per heavy atom. The molecule has 0 spiro atoms. The molecule has 0 N–H and O–H groups in total. The normalized spacial score (nSPS) is 9.37. The Labute approximate surface area is 138 Å². The van der Waals surface area contributed by atoms with E-state index in [1.807, 2.05) is 13.8 Å². The fourth-order valence-corrected chi connectivity index (χ4v) is 1.51. The molecule has 0 aliphatic heterocycles. The minimum Gasteiger partial charge on any atom is -0.0959 e. The van der Waals surface area contributed by atoms with Crippen LogP contribution in [0.2, 0.25) is 0 Å². The van der Waals surface area contributed by atoms with Crippen LogP contribution in [0.25, 0.3) is 0 Å². The first kappa shape index (κ1) is 24.2. The summed E-state index contributed by atoms with van der Waals surface area (Å²) in [4.78, 5) is 0. The van der Waals surface area contributed by atoms with Crippen molar-refractivity contribution in [2.45, 2.75) is 86.0 Å². The van der Waals surface area contributed by atoms with Gasteiger partial charge in [0.25, 0.3) is 0 Å². The number of rotatable bonds is 9. The van der Waals surface area contributed by atoms with Gasteiger partial charge in [-0.2, -0.15) is 0 Å². The van der Waals surface area contributed by atoms with Crippen molar-refractivity contribution >= 4 is 0 Å². The molecule has 0 aliphatic rings. The Kier molecular flexibility index (Phi) is 23.2. The van der Waals surface area contributed by atoms with Crippen LogP contribution >= 0.6 is 0 Å². The Morgan fingerprint density at radius 1 is 0.789 bits per heavy atom. The number of hydrogen-bond acceptors (Lipinski definition) is 0. The Hall–Kier alpha value is 0.194. The third-order valence-corrected chi connectivity index (χ3v) is 3.11. The predicted octanol–water partition coefficient (Wildman–Crippen LogP) is 6.92. The van der Waals surface area contributed by atoms with Gasteiger partial charge in [0.2, 0.25) is 0 Å². The molecule has 0 nitrogen and oxygen atoms in total. The van der Waals surface area contributed by atoms with Crippen LogP contribution in [0.1, 0.15) is 86.0 Å². The molecular formula is C18H36Ti+4. The van der Waals surface area contributed by atoms with Crippen LogP contribution in [0, 0.1) is 5.92 Å². The summed E-state index contributed by atoms with van der Waals surface area (Å²) in [5.41, 5.74) is 2.13. The topological polar surface area (TPSA) is 0 Å². The zero-order valence-electron chi connectivity index (χ0n) is 14.1. The number of unbranched alkanes of at least 4 members (excludes halogenated alkanes) is 6. The molecule has 0 amide bonds. The first-order valence-electron chi connectivity index (χ1n) is 7.73. The average Bonchev–Trinajstić information content (AvgIpc) is 2.28. The van der Waals surface area contributed by atoms with E-state index in [1.54, 1.807) is 0 Å². The molecule has 0 aromatic heterocycles. The van der Waals surface area contributed by atoms with Gasteiger partial charge in [0.05, 0.1) is 0 Å². The second-order valence-electron chi connectivity index (χ2n) is 5.86. The molecule has 0 aromatic rings. The average molecular weight is 300 g/mol. The molecular weight excluding hydrogens is 264 g/mol. The molecule has 0 rings (SSSR count). The predicted molar refractivity (Wildman–Crippen MR) is 87.1 cm³/mol. The SMILES string of the molecule is C=C(C)C(=C)C.CCCCCCCCCC(C)C.[Ti+4]. The van der Waals surface area contributed by atoms with Gasteiger partial charge in [-0.3, -0.25) is 0 Å². The molecule has 0 fully saturated rings. The maximum Gasteiger partial charge on any atom is 4.00 e. The van der Waals surface area contributed by atoms with Crippen molar-refractivity contribution in [3.8, 4) is 0 Å². The van der Waals surface area contributed by atoms with Gasteiger partial charge in [-0.1, -0.05) is 96.4 Å². The molecule has 1 heteroatoms. The van der Waals surface area contributed by atoms with Gasteiger partial charge < -0.3 is 0 Å². The summed E-state index contributed by atoms with van der Waals surface area (Å²) in [6.45, 7) is 18.1. The minimum atomic E-state index is 0. The number of allylic oxidation sites excluding steroid dienone is 2. The van der Waals surface area contributed by atoms with Gasteiger partial charge in [-0.25, -0.2) is 0 Å². The van der Waals surface area contributed by atoms with Crippen LogP contribution in [0.4, 0.5) is 0 Å². The maximum absolute atomic E-state index is 3.66. The zero-order valence-corrected chi connectivity index (χ0v) is 15.7. The van der Waals surface area contributed by atoms with E-state index in [4.69, 9.17) is 0 Å². The summed E-state index contributed by atoms with van der Waals surface area (Å²) in [7, 11) is 0. The summed E-state index contributed by atoms with van der Waals surface area (Å²) >= 11 is 0. The zero-order chi connectivity index (χ0) is 14.4. The molecule has 0 saturated heterocycles. The maximum atomic E-state index is 3.66. The van der Waals surface area contributed by atoms with Crippen molar-refractivity contribution in [1.29, 1.82) is 0 Å². The Bertz CT molecular complexity index is 192. The molecule has 0 radical (unpaired) electrons. The second-order valence-corrected chi connectivity index (χ2v) is 5.86. The monoisotopic (exact) mass is 300 g/mol. The van der Waals surface area contributed by atoms with Gasteiger partial charge in [-0.15, -0.1) is 0 Å². The van der Waals surface area contributed by atoms with Crippen LogP contribution in [0.3, 0.4) is 0 Å². The van der Waals surface area contributed by atoms with Gasteiger partial charge in [0, 0.05) is 0 Å². The van der Waals surface area contributed by atoms with Gasteiger partial charge in [0.15, 0.2) is 0 Å². The van der Waals surface area contributed by atoms with E-state index in [0.717, 1.165) is 17.1 Å². The van der Waals surface area contributed by atoms with Crippen molar-refractivity contribution in [2.24, 2.45) is 5.92 Å². The fourth-order valence-electron chi connectivity index (χ4n) is 1.51. The largest absolute Gasteiger partial charge is 4.00 e. The molecule has 0 heterocycles. The van der Waals surface area contributed by atoms with E-state index < -0.39 is 0 Å². The third kappa shape index (κ3) is 27.4. The summed E-state index contributed by atoms with van der Waals surface area (Å²) in [6, 6.07) is 0. The van der Waals surface area contributed by atoms with Crippen LogP contribution in [-0.2, 0) is 21.7 Å². The van der Waals surface area contributed by atoms with E-state index >= 15 is 0 Å². The van der Waals surface area contributed by atoms with Gasteiger partial charge in [0.1, 0.15) is 0 Å². The number of hydrogen-bond donors (Lipinski definition) is 0. The summed E-state index contributed by atoms with van der Waals surface area (Å²) in [6.07, 6.45) is 11.5. The molecule has 0 aliphatic carbocycles. The first-order valence-corrected chi connectivity index (χ1v) is 7.73. The van der Waals surface area contributed by atoms with Crippen LogP contribution in [-0.4, -0.2) is 0 Å². The van der Waals surface area contributed by atoms with Crippen molar-refractivity contribution in [2.75, 3.05) is 0 Å². The summed E-state index contributed by atoms with van der Waals surface area (Å²) < 4.78 is 0. The fraction of sp³-hybridized carbons (Fsp3) is 0.778. The van der Waals surface area contributed by atoms with Crippen molar-refractivity contribution in [3.05, 3.63) is 24.3 Å². The van der Waals surface area contributed by atoms with Crippen molar-refractivity contribution in [3.63, 3.8) is 0 Å². The molecule has 108 valence electrons. The second kappa shape index (κ2) is 18.2. The molecule has 0 atom stereocenters.